The molecule has 0 atom stereocenters. The Hall–Kier alpha value is -1.38. The summed E-state index contributed by atoms with van der Waals surface area (Å²) in [5.41, 5.74) is -0.255. The van der Waals surface area contributed by atoms with Crippen molar-refractivity contribution in [2.75, 3.05) is 18.5 Å². The van der Waals surface area contributed by atoms with Gasteiger partial charge in [0.1, 0.15) is 5.41 Å². The molecule has 0 aromatic heterocycles. The fourth-order valence-corrected chi connectivity index (χ4v) is 2.16. The number of nitriles is 1. The lowest BCUT2D eigenvalue weighted by Gasteiger charge is -2.29. The number of anilines is 1. The van der Waals surface area contributed by atoms with Gasteiger partial charge in [0.2, 0.25) is 5.91 Å². The molecular formula is C13H13BrN2O2. The van der Waals surface area contributed by atoms with Crippen molar-refractivity contribution in [3.63, 3.8) is 0 Å². The summed E-state index contributed by atoms with van der Waals surface area (Å²) in [6.45, 7) is 0.919. The molecular weight excluding hydrogens is 296 g/mol. The van der Waals surface area contributed by atoms with Crippen molar-refractivity contribution < 1.29 is 9.53 Å². The van der Waals surface area contributed by atoms with Crippen LogP contribution in [0, 0.1) is 16.7 Å². The van der Waals surface area contributed by atoms with Crippen LogP contribution in [-0.2, 0) is 9.53 Å². The van der Waals surface area contributed by atoms with E-state index in [0.717, 1.165) is 4.47 Å². The number of benzene rings is 1. The number of carbonyl (C=O) groups excluding carboxylic acids is 1. The molecule has 5 heteroatoms. The van der Waals surface area contributed by atoms with E-state index in [9.17, 15) is 10.1 Å². The maximum Gasteiger partial charge on any atom is 0.245 e. The summed E-state index contributed by atoms with van der Waals surface area (Å²) in [5, 5.41) is 12.1. The van der Waals surface area contributed by atoms with Gasteiger partial charge in [-0.25, -0.2) is 0 Å². The number of hydrogen-bond acceptors (Lipinski definition) is 3. The molecule has 0 spiro atoms. The molecule has 1 fully saturated rings. The van der Waals surface area contributed by atoms with E-state index in [4.69, 9.17) is 4.74 Å². The van der Waals surface area contributed by atoms with Crippen molar-refractivity contribution in [2.24, 2.45) is 5.41 Å². The van der Waals surface area contributed by atoms with Crippen LogP contribution in [-0.4, -0.2) is 19.1 Å². The van der Waals surface area contributed by atoms with Gasteiger partial charge in [0.15, 0.2) is 0 Å². The van der Waals surface area contributed by atoms with Crippen LogP contribution in [0.2, 0.25) is 0 Å². The van der Waals surface area contributed by atoms with E-state index in [1.807, 2.05) is 12.1 Å². The first-order chi connectivity index (χ1) is 8.66. The van der Waals surface area contributed by atoms with Crippen LogP contribution in [0.5, 0.6) is 0 Å². The van der Waals surface area contributed by atoms with Gasteiger partial charge in [-0.2, -0.15) is 5.26 Å². The molecule has 1 saturated heterocycles. The molecule has 1 aliphatic heterocycles. The number of carbonyl (C=O) groups is 1. The van der Waals surface area contributed by atoms with Crippen LogP contribution < -0.4 is 5.32 Å². The summed E-state index contributed by atoms with van der Waals surface area (Å²) in [4.78, 5) is 12.2. The van der Waals surface area contributed by atoms with Gasteiger partial charge in [-0.3, -0.25) is 4.79 Å². The molecule has 0 aliphatic carbocycles. The molecule has 1 heterocycles. The number of amides is 1. The zero-order valence-electron chi connectivity index (χ0n) is 9.78. The Bertz CT molecular complexity index is 473. The molecule has 1 aliphatic rings. The van der Waals surface area contributed by atoms with Gasteiger partial charge in [0.05, 0.1) is 6.07 Å². The summed E-state index contributed by atoms with van der Waals surface area (Å²) in [7, 11) is 0. The van der Waals surface area contributed by atoms with Crippen LogP contribution >= 0.6 is 15.9 Å². The number of nitrogens with one attached hydrogen (secondary N) is 1. The van der Waals surface area contributed by atoms with E-state index in [1.165, 1.54) is 0 Å². The van der Waals surface area contributed by atoms with E-state index in [0.29, 0.717) is 31.7 Å². The normalized spacial score (nSPS) is 17.8. The average molecular weight is 309 g/mol. The van der Waals surface area contributed by atoms with Gasteiger partial charge in [-0.1, -0.05) is 15.9 Å². The van der Waals surface area contributed by atoms with E-state index in [-0.39, 0.29) is 5.91 Å². The Morgan fingerprint density at radius 1 is 1.33 bits per heavy atom. The number of halogens is 1. The first-order valence-electron chi connectivity index (χ1n) is 5.72. The van der Waals surface area contributed by atoms with Crippen LogP contribution in [0.3, 0.4) is 0 Å². The minimum absolute atomic E-state index is 0.240. The van der Waals surface area contributed by atoms with Crippen molar-refractivity contribution in [3.05, 3.63) is 28.7 Å². The topological polar surface area (TPSA) is 62.1 Å². The van der Waals surface area contributed by atoms with Crippen molar-refractivity contribution in [1.29, 1.82) is 5.26 Å². The summed E-state index contributed by atoms with van der Waals surface area (Å²) in [6, 6.07) is 9.44. The molecule has 1 N–H and O–H groups in total. The van der Waals surface area contributed by atoms with Crippen LogP contribution in [0.1, 0.15) is 12.8 Å². The first kappa shape index (κ1) is 13.1. The highest BCUT2D eigenvalue weighted by Gasteiger charge is 2.40. The molecule has 4 nitrogen and oxygen atoms in total. The van der Waals surface area contributed by atoms with Gasteiger partial charge in [-0.05, 0) is 37.1 Å². The largest absolute Gasteiger partial charge is 0.381 e. The Morgan fingerprint density at radius 2 is 1.94 bits per heavy atom. The van der Waals surface area contributed by atoms with Crippen LogP contribution in [0.4, 0.5) is 5.69 Å². The first-order valence-corrected chi connectivity index (χ1v) is 6.52. The molecule has 0 unspecified atom stereocenters. The third-order valence-electron chi connectivity index (χ3n) is 3.10. The zero-order valence-corrected chi connectivity index (χ0v) is 11.4. The zero-order chi connectivity index (χ0) is 13.0. The summed E-state index contributed by atoms with van der Waals surface area (Å²) >= 11 is 3.33. The second kappa shape index (κ2) is 5.51. The maximum atomic E-state index is 12.2. The molecule has 0 bridgehead atoms. The predicted octanol–water partition coefficient (Wildman–Crippen LogP) is 2.71. The monoisotopic (exact) mass is 308 g/mol. The molecule has 0 saturated carbocycles. The average Bonchev–Trinajstić information content (AvgIpc) is 2.42. The predicted molar refractivity (Wildman–Crippen MR) is 70.9 cm³/mol. The quantitative estimate of drug-likeness (QED) is 0.913. The molecule has 0 radical (unpaired) electrons. The summed E-state index contributed by atoms with van der Waals surface area (Å²) < 4.78 is 6.15. The summed E-state index contributed by atoms with van der Waals surface area (Å²) in [5.74, 6) is -0.240. The number of hydrogen-bond donors (Lipinski definition) is 1. The smallest absolute Gasteiger partial charge is 0.245 e. The Balaban J connectivity index is 2.11. The van der Waals surface area contributed by atoms with Gasteiger partial charge < -0.3 is 10.1 Å². The van der Waals surface area contributed by atoms with Crippen molar-refractivity contribution in [3.8, 4) is 6.07 Å². The second-order valence-corrected chi connectivity index (χ2v) is 5.18. The number of rotatable bonds is 2. The lowest BCUT2D eigenvalue weighted by Crippen LogP contribution is -2.39. The standard InChI is InChI=1S/C13H13BrN2O2/c14-10-1-3-11(4-2-10)16-12(17)13(9-15)5-7-18-8-6-13/h1-4H,5-8H2,(H,16,17). The lowest BCUT2D eigenvalue weighted by molar-refractivity contribution is -0.126. The van der Waals surface area contributed by atoms with E-state index >= 15 is 0 Å². The summed E-state index contributed by atoms with van der Waals surface area (Å²) in [6.07, 6.45) is 0.901. The molecule has 94 valence electrons. The van der Waals surface area contributed by atoms with Gasteiger partial charge in [0.25, 0.3) is 0 Å². The molecule has 1 aromatic carbocycles. The lowest BCUT2D eigenvalue weighted by atomic mass is 9.81. The van der Waals surface area contributed by atoms with E-state index < -0.39 is 5.41 Å². The highest BCUT2D eigenvalue weighted by Crippen LogP contribution is 2.31. The number of ether oxygens (including phenoxy) is 1. The van der Waals surface area contributed by atoms with E-state index in [2.05, 4.69) is 27.3 Å². The Morgan fingerprint density at radius 3 is 2.50 bits per heavy atom. The van der Waals surface area contributed by atoms with E-state index in [1.54, 1.807) is 12.1 Å². The minimum Gasteiger partial charge on any atom is -0.381 e. The fourth-order valence-electron chi connectivity index (χ4n) is 1.89. The van der Waals surface area contributed by atoms with Crippen molar-refractivity contribution in [1.82, 2.24) is 0 Å². The van der Waals surface area contributed by atoms with Crippen molar-refractivity contribution in [2.45, 2.75) is 12.8 Å². The molecule has 18 heavy (non-hydrogen) atoms. The molecule has 1 amide bonds. The fraction of sp³-hybridized carbons (Fsp3) is 0.385. The van der Waals surface area contributed by atoms with Gasteiger partial charge in [-0.15, -0.1) is 0 Å². The van der Waals surface area contributed by atoms with Crippen LogP contribution in [0.15, 0.2) is 28.7 Å². The minimum atomic E-state index is -0.953. The highest BCUT2D eigenvalue weighted by molar-refractivity contribution is 9.10. The second-order valence-electron chi connectivity index (χ2n) is 4.27. The number of nitrogens with zero attached hydrogens (tertiary/aromatic N) is 1. The Kier molecular flexibility index (Phi) is 4.00. The maximum absolute atomic E-state index is 12.2. The van der Waals surface area contributed by atoms with Crippen LogP contribution in [0.25, 0.3) is 0 Å². The SMILES string of the molecule is N#CC1(C(=O)Nc2ccc(Br)cc2)CCOCC1. The molecule has 1 aromatic rings. The van der Waals surface area contributed by atoms with Crippen molar-refractivity contribution >= 4 is 27.5 Å². The third-order valence-corrected chi connectivity index (χ3v) is 3.63. The highest BCUT2D eigenvalue weighted by atomic mass is 79.9. The Labute approximate surface area is 114 Å². The van der Waals surface area contributed by atoms with Gasteiger partial charge >= 0.3 is 0 Å². The molecule has 2 rings (SSSR count). The van der Waals surface area contributed by atoms with Gasteiger partial charge in [0, 0.05) is 23.4 Å². The third kappa shape index (κ3) is 2.71.